The summed E-state index contributed by atoms with van der Waals surface area (Å²) in [5, 5.41) is 39.0. The van der Waals surface area contributed by atoms with Crippen molar-refractivity contribution in [3.63, 3.8) is 0 Å². The largest absolute Gasteiger partial charge is 0.492 e. The summed E-state index contributed by atoms with van der Waals surface area (Å²) in [4.78, 5) is 67.2. The number of aliphatic imine (C=N–C) groups is 3. The zero-order valence-electron chi connectivity index (χ0n) is 45.4. The van der Waals surface area contributed by atoms with Crippen LogP contribution >= 0.6 is 0 Å². The summed E-state index contributed by atoms with van der Waals surface area (Å²) in [6, 6.07) is 26.3. The first-order valence-electron chi connectivity index (χ1n) is 25.0. The molecule has 13 N–H and O–H groups in total. The summed E-state index contributed by atoms with van der Waals surface area (Å²) >= 11 is 0. The maximum Gasteiger partial charge on any atom is 0.320 e. The second-order valence-electron chi connectivity index (χ2n) is 18.6. The maximum absolute atomic E-state index is 11.9. The second kappa shape index (κ2) is 39.0. The first-order chi connectivity index (χ1) is 35.9. The number of hydrazone groups is 1. The SMILES string of the molecule is C.CC(C)=NCCC(=O)c1ccc(CC(N)C(=O)O)cc1.CC(C)=NCCCc1ccc(CC(N)C(=O)O)cc1.CC(C)=NCCOc1ccc(CC(N)C(=O)O)cc1.CC(C)=NNCc1ccc(CC(N)C(=O)O)cc1. The molecule has 4 unspecified atom stereocenters. The highest BCUT2D eigenvalue weighted by atomic mass is 16.5. The van der Waals surface area contributed by atoms with Gasteiger partial charge in [-0.25, -0.2) is 0 Å². The molecule has 4 aromatic carbocycles. The van der Waals surface area contributed by atoms with Crippen LogP contribution in [0.2, 0.25) is 0 Å². The van der Waals surface area contributed by atoms with Gasteiger partial charge in [0.25, 0.3) is 0 Å². The van der Waals surface area contributed by atoms with Gasteiger partial charge in [0, 0.05) is 47.9 Å². The summed E-state index contributed by atoms with van der Waals surface area (Å²) in [7, 11) is 0. The van der Waals surface area contributed by atoms with E-state index >= 15 is 0 Å². The highest BCUT2D eigenvalue weighted by Crippen LogP contribution is 2.14. The molecule has 0 spiro atoms. The molecule has 19 heteroatoms. The number of hydrogen-bond donors (Lipinski definition) is 9. The molecule has 422 valence electrons. The van der Waals surface area contributed by atoms with Crippen LogP contribution in [0.3, 0.4) is 0 Å². The van der Waals surface area contributed by atoms with Crippen molar-refractivity contribution in [2.75, 3.05) is 26.2 Å². The lowest BCUT2D eigenvalue weighted by atomic mass is 10.0. The van der Waals surface area contributed by atoms with Crippen LogP contribution in [0, 0.1) is 0 Å². The van der Waals surface area contributed by atoms with Crippen molar-refractivity contribution in [2.24, 2.45) is 43.0 Å². The fraction of sp³-hybridized carbons (Fsp3) is 0.431. The van der Waals surface area contributed by atoms with E-state index in [1.807, 2.05) is 128 Å². The number of aliphatic carboxylic acids is 4. The minimum Gasteiger partial charge on any atom is -0.492 e. The molecule has 0 fully saturated rings. The molecule has 0 amide bonds. The van der Waals surface area contributed by atoms with Gasteiger partial charge >= 0.3 is 23.9 Å². The van der Waals surface area contributed by atoms with Crippen LogP contribution in [-0.2, 0) is 57.8 Å². The third-order valence-electron chi connectivity index (χ3n) is 10.5. The molecule has 0 radical (unpaired) electrons. The van der Waals surface area contributed by atoms with E-state index in [0.29, 0.717) is 57.5 Å². The minimum absolute atomic E-state index is 0. The Morgan fingerprint density at radius 2 is 0.805 bits per heavy atom. The molecular formula is C58H85N9O10. The number of rotatable bonds is 27. The lowest BCUT2D eigenvalue weighted by Gasteiger charge is -2.08. The Hall–Kier alpha value is -7.45. The first-order valence-corrected chi connectivity index (χ1v) is 25.0. The van der Waals surface area contributed by atoms with Crippen LogP contribution in [0.15, 0.2) is 117 Å². The number of hydrogen-bond acceptors (Lipinski definition) is 15. The molecule has 0 heterocycles. The van der Waals surface area contributed by atoms with E-state index in [4.69, 9.17) is 48.1 Å². The van der Waals surface area contributed by atoms with Crippen molar-refractivity contribution in [2.45, 2.75) is 138 Å². The Balaban J connectivity index is 0.000000996. The molecule has 4 atom stereocenters. The lowest BCUT2D eigenvalue weighted by Crippen LogP contribution is -2.32. The lowest BCUT2D eigenvalue weighted by molar-refractivity contribution is -0.139. The Labute approximate surface area is 455 Å². The average Bonchev–Trinajstić information content (AvgIpc) is 3.36. The van der Waals surface area contributed by atoms with Gasteiger partial charge in [0.05, 0.1) is 13.1 Å². The van der Waals surface area contributed by atoms with Gasteiger partial charge < -0.3 is 53.5 Å². The van der Waals surface area contributed by atoms with Crippen molar-refractivity contribution >= 4 is 52.5 Å². The number of nitrogens with one attached hydrogen (secondary N) is 1. The smallest absolute Gasteiger partial charge is 0.320 e. The van der Waals surface area contributed by atoms with Crippen LogP contribution in [0.5, 0.6) is 5.75 Å². The molecule has 77 heavy (non-hydrogen) atoms. The van der Waals surface area contributed by atoms with Crippen molar-refractivity contribution in [1.29, 1.82) is 0 Å². The summed E-state index contributed by atoms with van der Waals surface area (Å²) < 4.78 is 5.51. The highest BCUT2D eigenvalue weighted by molar-refractivity contribution is 5.96. The zero-order valence-corrected chi connectivity index (χ0v) is 45.4. The third kappa shape index (κ3) is 34.0. The molecule has 0 saturated carbocycles. The highest BCUT2D eigenvalue weighted by Gasteiger charge is 2.15. The maximum atomic E-state index is 11.9. The summed E-state index contributed by atoms with van der Waals surface area (Å²) in [6.07, 6.45) is 3.67. The Morgan fingerprint density at radius 1 is 0.468 bits per heavy atom. The van der Waals surface area contributed by atoms with Gasteiger partial charge in [-0.15, -0.1) is 0 Å². The number of nitrogens with zero attached hydrogens (tertiary/aromatic N) is 4. The van der Waals surface area contributed by atoms with E-state index in [2.05, 4.69) is 25.5 Å². The molecule has 0 aliphatic carbocycles. The van der Waals surface area contributed by atoms with Crippen molar-refractivity contribution in [3.05, 3.63) is 136 Å². The van der Waals surface area contributed by atoms with Gasteiger partial charge in [-0.1, -0.05) is 92.4 Å². The molecule has 0 aliphatic rings. The van der Waals surface area contributed by atoms with Crippen molar-refractivity contribution in [3.8, 4) is 5.75 Å². The Kier molecular flexibility index (Phi) is 35.2. The first kappa shape index (κ1) is 69.5. The Morgan fingerprint density at radius 3 is 1.18 bits per heavy atom. The van der Waals surface area contributed by atoms with Gasteiger partial charge in [-0.2, -0.15) is 5.10 Å². The second-order valence-corrected chi connectivity index (χ2v) is 18.6. The van der Waals surface area contributed by atoms with Crippen molar-refractivity contribution in [1.82, 2.24) is 5.43 Å². The molecule has 19 nitrogen and oxygen atoms in total. The van der Waals surface area contributed by atoms with Gasteiger partial charge in [0.15, 0.2) is 5.78 Å². The number of carbonyl (C=O) groups is 5. The van der Waals surface area contributed by atoms with E-state index in [1.54, 1.807) is 24.3 Å². The van der Waals surface area contributed by atoms with Gasteiger partial charge in [0.2, 0.25) is 0 Å². The summed E-state index contributed by atoms with van der Waals surface area (Å²) in [6.45, 7) is 18.7. The standard InChI is InChI=1S/C15H20N2O3.C15H22N2O2.C14H20N2O3.C13H19N3O2.CH4/c1-10(2)17-8-7-14(18)12-5-3-11(4-6-12)9-13(16)15(19)20;1-11(2)17-9-3-4-12-5-7-13(8-6-12)10-14(16)15(18)19;1-10(2)16-7-8-19-12-5-3-11(4-6-12)9-13(15)14(17)18;1-9(2)16-15-8-11-5-3-10(4-6-11)7-12(14)13(17)18;/h3-6,13H,7-9,16H2,1-2H3,(H,19,20);5-8,14H,3-4,9-10,16H2,1-2H3,(H,18,19);3-6,13H,7-9,15H2,1-2H3,(H,17,18);3-6,12,15H,7-8,14H2,1-2H3,(H,17,18);1H4. The number of carboxylic acids is 4. The van der Waals surface area contributed by atoms with E-state index < -0.39 is 48.0 Å². The number of carbonyl (C=O) groups excluding carboxylic acids is 1. The molecule has 0 bridgehead atoms. The number of benzene rings is 4. The molecule has 0 saturated heterocycles. The third-order valence-corrected chi connectivity index (χ3v) is 10.5. The van der Waals surface area contributed by atoms with Gasteiger partial charge in [-0.3, -0.25) is 38.9 Å². The number of ketones is 1. The predicted molar refractivity (Wildman–Crippen MR) is 309 cm³/mol. The Bertz CT molecular complexity index is 2410. The number of carboxylic acid groups (broad SMARTS) is 4. The monoisotopic (exact) mass is 1070 g/mol. The quantitative estimate of drug-likeness (QED) is 0.0125. The van der Waals surface area contributed by atoms with E-state index in [9.17, 15) is 24.0 Å². The van der Waals surface area contributed by atoms with E-state index in [1.165, 1.54) is 5.56 Å². The van der Waals surface area contributed by atoms with Crippen LogP contribution in [0.4, 0.5) is 0 Å². The van der Waals surface area contributed by atoms with Crippen LogP contribution in [0.25, 0.3) is 0 Å². The van der Waals surface area contributed by atoms with Gasteiger partial charge in [-0.05, 0) is 139 Å². The molecule has 0 aromatic heterocycles. The molecule has 0 aliphatic heterocycles. The zero-order chi connectivity index (χ0) is 57.2. The molecular weight excluding hydrogens is 983 g/mol. The number of nitrogens with two attached hydrogens (primary N) is 4. The molecule has 4 aromatic rings. The fourth-order valence-electron chi connectivity index (χ4n) is 6.38. The summed E-state index contributed by atoms with van der Waals surface area (Å²) in [5.74, 6) is -3.18. The van der Waals surface area contributed by atoms with E-state index in [0.717, 1.165) is 75.8 Å². The minimum atomic E-state index is -1.03. The van der Waals surface area contributed by atoms with E-state index in [-0.39, 0.29) is 19.6 Å². The van der Waals surface area contributed by atoms with Crippen LogP contribution in [-0.4, -0.2) is 123 Å². The number of Topliss-reactive ketones (excluding diaryl/α,β-unsaturated/α-hetero) is 1. The van der Waals surface area contributed by atoms with Crippen LogP contribution < -0.4 is 33.1 Å². The fourth-order valence-corrected chi connectivity index (χ4v) is 6.38. The average molecular weight is 1070 g/mol. The number of aryl methyl sites for hydroxylation is 1. The summed E-state index contributed by atoms with van der Waals surface area (Å²) in [5.41, 5.74) is 35.4. The normalized spacial score (nSPS) is 11.6. The molecule has 4 rings (SSSR count). The topological polar surface area (TPSA) is 341 Å². The predicted octanol–water partition coefficient (Wildman–Crippen LogP) is 7.01. The number of ether oxygens (including phenoxy) is 1. The van der Waals surface area contributed by atoms with Crippen LogP contribution in [0.1, 0.15) is 119 Å². The van der Waals surface area contributed by atoms with Crippen molar-refractivity contribution < 1.29 is 49.1 Å². The van der Waals surface area contributed by atoms with Gasteiger partial charge in [0.1, 0.15) is 36.5 Å².